The van der Waals surface area contributed by atoms with Gasteiger partial charge in [0.25, 0.3) is 5.56 Å². The number of ether oxygens (including phenoxy) is 1. The largest absolute Gasteiger partial charge is 0.494 e. The van der Waals surface area contributed by atoms with Gasteiger partial charge in [-0.2, -0.15) is 0 Å². The van der Waals surface area contributed by atoms with Crippen molar-refractivity contribution in [2.75, 3.05) is 6.61 Å². The van der Waals surface area contributed by atoms with Crippen LogP contribution in [-0.2, 0) is 0 Å². The third-order valence-electron chi connectivity index (χ3n) is 4.42. The molecule has 0 aromatic heterocycles. The van der Waals surface area contributed by atoms with E-state index in [1.807, 2.05) is 24.3 Å². The van der Waals surface area contributed by atoms with Crippen molar-refractivity contribution in [1.29, 1.82) is 0 Å². The Morgan fingerprint density at radius 3 is 2.54 bits per heavy atom. The van der Waals surface area contributed by atoms with E-state index in [2.05, 4.69) is 11.9 Å². The number of aromatic amines is 1. The number of hydrogen-bond acceptors (Lipinski definition) is 3. The fourth-order valence-corrected chi connectivity index (χ4v) is 3.05. The first-order valence-electron chi connectivity index (χ1n) is 8.68. The van der Waals surface area contributed by atoms with Crippen LogP contribution in [-0.4, -0.2) is 20.7 Å². The van der Waals surface area contributed by atoms with E-state index in [1.54, 1.807) is 30.5 Å². The second-order valence-corrected chi connectivity index (χ2v) is 6.15. The summed E-state index contributed by atoms with van der Waals surface area (Å²) in [7, 11) is 0. The Bertz CT molecular complexity index is 1140. The fraction of sp³-hybridized carbons (Fsp3) is 0.200. The van der Waals surface area contributed by atoms with Gasteiger partial charge >= 0.3 is 5.69 Å². The van der Waals surface area contributed by atoms with Gasteiger partial charge in [0, 0.05) is 6.20 Å². The molecular formula is C20H19N3O3. The van der Waals surface area contributed by atoms with Crippen LogP contribution < -0.4 is 16.0 Å². The lowest BCUT2D eigenvalue weighted by atomic mass is 10.3. The quantitative estimate of drug-likeness (QED) is 0.563. The van der Waals surface area contributed by atoms with Gasteiger partial charge < -0.3 is 9.72 Å². The van der Waals surface area contributed by atoms with Crippen molar-refractivity contribution < 1.29 is 4.74 Å². The van der Waals surface area contributed by atoms with Crippen molar-refractivity contribution in [2.45, 2.75) is 19.8 Å². The summed E-state index contributed by atoms with van der Waals surface area (Å²) in [5.74, 6) is 0.727. The van der Waals surface area contributed by atoms with E-state index in [-0.39, 0.29) is 11.2 Å². The first kappa shape index (κ1) is 16.2. The number of nitrogens with one attached hydrogen (secondary N) is 1. The van der Waals surface area contributed by atoms with Crippen molar-refractivity contribution in [1.82, 2.24) is 14.1 Å². The summed E-state index contributed by atoms with van der Waals surface area (Å²) in [4.78, 5) is 28.8. The van der Waals surface area contributed by atoms with Crippen molar-refractivity contribution in [3.05, 3.63) is 75.6 Å². The summed E-state index contributed by atoms with van der Waals surface area (Å²) in [6, 6.07) is 14.4. The maximum atomic E-state index is 12.9. The van der Waals surface area contributed by atoms with Crippen LogP contribution in [0.15, 0.2) is 64.3 Å². The molecular weight excluding hydrogens is 330 g/mol. The molecule has 2 aromatic rings. The molecule has 1 N–H and O–H groups in total. The van der Waals surface area contributed by atoms with Gasteiger partial charge in [-0.05, 0) is 42.8 Å². The van der Waals surface area contributed by atoms with Crippen molar-refractivity contribution in [3.63, 3.8) is 0 Å². The molecule has 6 heteroatoms. The molecule has 26 heavy (non-hydrogen) atoms. The highest BCUT2D eigenvalue weighted by Gasteiger charge is 2.20. The number of benzene rings is 2. The van der Waals surface area contributed by atoms with Crippen LogP contribution in [0.1, 0.15) is 19.8 Å². The molecule has 0 spiro atoms. The number of imidazole rings is 1. The number of aromatic nitrogens is 3. The highest BCUT2D eigenvalue weighted by atomic mass is 16.5. The van der Waals surface area contributed by atoms with Crippen molar-refractivity contribution >= 4 is 11.0 Å². The van der Waals surface area contributed by atoms with E-state index >= 15 is 0 Å². The molecule has 0 atom stereocenters. The van der Waals surface area contributed by atoms with E-state index in [0.717, 1.165) is 24.1 Å². The van der Waals surface area contributed by atoms with Gasteiger partial charge in [-0.3, -0.25) is 9.36 Å². The molecule has 0 fully saturated rings. The van der Waals surface area contributed by atoms with Crippen LogP contribution >= 0.6 is 0 Å². The van der Waals surface area contributed by atoms with Crippen molar-refractivity contribution in [3.8, 4) is 17.1 Å². The van der Waals surface area contributed by atoms with E-state index in [4.69, 9.17) is 4.74 Å². The maximum absolute atomic E-state index is 12.9. The molecule has 2 aromatic carbocycles. The average molecular weight is 349 g/mol. The standard InChI is InChI=1S/C20H19N3O3/c1-2-3-12-26-15-10-8-14(9-11-15)22-19(24)18-13-21-16-6-4-5-7-17(16)23(18)20(22)25/h4-11,13,21H,2-3,12H2,1H3. The Balaban J connectivity index is 1.82. The molecule has 4 rings (SSSR count). The van der Waals surface area contributed by atoms with Crippen LogP contribution in [0.5, 0.6) is 5.75 Å². The Morgan fingerprint density at radius 2 is 1.77 bits per heavy atom. The Kier molecular flexibility index (Phi) is 4.08. The van der Waals surface area contributed by atoms with E-state index in [0.29, 0.717) is 23.5 Å². The number of nitrogens with zero attached hydrogens (tertiary/aromatic N) is 2. The molecule has 0 saturated heterocycles. The van der Waals surface area contributed by atoms with E-state index in [9.17, 15) is 9.59 Å². The summed E-state index contributed by atoms with van der Waals surface area (Å²) in [6.45, 7) is 2.76. The van der Waals surface area contributed by atoms with Crippen LogP contribution in [0.4, 0.5) is 0 Å². The summed E-state index contributed by atoms with van der Waals surface area (Å²) < 4.78 is 8.27. The second-order valence-electron chi connectivity index (χ2n) is 6.15. The van der Waals surface area contributed by atoms with Gasteiger partial charge in [-0.15, -0.1) is 0 Å². The number of hydrogen-bond donors (Lipinski definition) is 1. The molecule has 2 aliphatic heterocycles. The van der Waals surface area contributed by atoms with Gasteiger partial charge in [0.05, 0.1) is 23.3 Å². The van der Waals surface area contributed by atoms with Gasteiger partial charge in [-0.25, -0.2) is 9.36 Å². The number of fused-ring (bicyclic) bond motifs is 3. The zero-order chi connectivity index (χ0) is 18.1. The van der Waals surface area contributed by atoms with E-state index in [1.165, 1.54) is 9.13 Å². The lowest BCUT2D eigenvalue weighted by Gasteiger charge is -2.06. The normalized spacial score (nSPS) is 11.3. The van der Waals surface area contributed by atoms with Crippen LogP contribution in [0.2, 0.25) is 0 Å². The Morgan fingerprint density at radius 1 is 1.00 bits per heavy atom. The van der Waals surface area contributed by atoms with E-state index < -0.39 is 0 Å². The first-order chi connectivity index (χ1) is 12.7. The Hall–Kier alpha value is -3.28. The molecule has 2 heterocycles. The highest BCUT2D eigenvalue weighted by molar-refractivity contribution is 5.77. The zero-order valence-electron chi connectivity index (χ0n) is 14.4. The summed E-state index contributed by atoms with van der Waals surface area (Å²) in [6.07, 6.45) is 3.63. The van der Waals surface area contributed by atoms with Crippen molar-refractivity contribution in [2.24, 2.45) is 0 Å². The monoisotopic (exact) mass is 349 g/mol. The molecule has 0 saturated carbocycles. The van der Waals surface area contributed by atoms with Gasteiger partial charge in [-0.1, -0.05) is 25.5 Å². The fourth-order valence-electron chi connectivity index (χ4n) is 3.05. The summed E-state index contributed by atoms with van der Waals surface area (Å²) in [5.41, 5.74) is 1.57. The lowest BCUT2D eigenvalue weighted by molar-refractivity contribution is 0.309. The lowest BCUT2D eigenvalue weighted by Crippen LogP contribution is -2.25. The van der Waals surface area contributed by atoms with Gasteiger partial charge in [0.2, 0.25) is 0 Å². The summed E-state index contributed by atoms with van der Waals surface area (Å²) in [5, 5.41) is 0. The number of para-hydroxylation sites is 2. The third kappa shape index (κ3) is 2.60. The number of H-pyrrole nitrogens is 1. The topological polar surface area (TPSA) is 69.0 Å². The third-order valence-corrected chi connectivity index (χ3v) is 4.42. The highest BCUT2D eigenvalue weighted by Crippen LogP contribution is 2.17. The SMILES string of the molecule is CCCCOc1ccc(-n2c(=O)c3c[nH]c4ccccc4n-3c2=O)cc1. The van der Waals surface area contributed by atoms with Crippen LogP contribution in [0, 0.1) is 0 Å². The predicted octanol–water partition coefficient (Wildman–Crippen LogP) is 3.09. The zero-order valence-corrected chi connectivity index (χ0v) is 14.4. The summed E-state index contributed by atoms with van der Waals surface area (Å²) >= 11 is 0. The van der Waals surface area contributed by atoms with Gasteiger partial charge in [0.15, 0.2) is 0 Å². The Labute approximate surface area is 149 Å². The minimum Gasteiger partial charge on any atom is -0.494 e. The minimum absolute atomic E-state index is 0.317. The predicted molar refractivity (Wildman–Crippen MR) is 101 cm³/mol. The minimum atomic E-state index is -0.380. The smallest absolute Gasteiger partial charge is 0.341 e. The molecule has 0 unspecified atom stereocenters. The average Bonchev–Trinajstić information content (AvgIpc) is 2.93. The number of unbranched alkanes of at least 4 members (excludes halogenated alkanes) is 1. The number of rotatable bonds is 5. The molecule has 6 nitrogen and oxygen atoms in total. The molecule has 132 valence electrons. The molecule has 0 radical (unpaired) electrons. The van der Waals surface area contributed by atoms with Gasteiger partial charge in [0.1, 0.15) is 11.4 Å². The molecule has 0 bridgehead atoms. The second kappa shape index (κ2) is 6.55. The van der Waals surface area contributed by atoms with Crippen LogP contribution in [0.25, 0.3) is 22.4 Å². The maximum Gasteiger partial charge on any atom is 0.341 e. The molecule has 2 aliphatic rings. The molecule has 0 amide bonds. The molecule has 0 aliphatic carbocycles. The van der Waals surface area contributed by atoms with Crippen LogP contribution in [0.3, 0.4) is 0 Å². The first-order valence-corrected chi connectivity index (χ1v) is 8.68.